The zero-order valence-electron chi connectivity index (χ0n) is 8.78. The summed E-state index contributed by atoms with van der Waals surface area (Å²) in [5.74, 6) is 0.389. The molecule has 1 heterocycles. The molecule has 0 saturated heterocycles. The lowest BCUT2D eigenvalue weighted by Crippen LogP contribution is -2.01. The van der Waals surface area contributed by atoms with Gasteiger partial charge in [-0.05, 0) is 19.4 Å². The molecule has 2 nitrogen and oxygen atoms in total. The summed E-state index contributed by atoms with van der Waals surface area (Å²) in [6.45, 7) is 3.83. The predicted molar refractivity (Wildman–Crippen MR) is 58.1 cm³/mol. The molecular formula is C13H12O2. The molecule has 2 aromatic rings. The maximum atomic E-state index is 12.0. The molecule has 0 radical (unpaired) electrons. The number of carbonyl (C=O) groups is 1. The third-order valence-corrected chi connectivity index (χ3v) is 2.53. The molecule has 0 spiro atoms. The molecule has 76 valence electrons. The predicted octanol–water partition coefficient (Wildman–Crippen LogP) is 3.13. The van der Waals surface area contributed by atoms with Crippen LogP contribution in [0.5, 0.6) is 0 Å². The fourth-order valence-electron chi connectivity index (χ4n) is 1.45. The van der Waals surface area contributed by atoms with E-state index in [2.05, 4.69) is 0 Å². The summed E-state index contributed by atoms with van der Waals surface area (Å²) in [4.78, 5) is 12.0. The summed E-state index contributed by atoms with van der Waals surface area (Å²) >= 11 is 0. The second kappa shape index (κ2) is 3.73. The van der Waals surface area contributed by atoms with Gasteiger partial charge in [-0.15, -0.1) is 0 Å². The van der Waals surface area contributed by atoms with E-state index in [1.807, 2.05) is 32.0 Å². The Morgan fingerprint density at radius 2 is 1.80 bits per heavy atom. The highest BCUT2D eigenvalue weighted by Gasteiger charge is 2.16. The van der Waals surface area contributed by atoms with Crippen LogP contribution in [0.4, 0.5) is 0 Å². The van der Waals surface area contributed by atoms with E-state index in [1.165, 1.54) is 0 Å². The maximum absolute atomic E-state index is 12.0. The number of furan rings is 1. The highest BCUT2D eigenvalue weighted by molar-refractivity contribution is 6.08. The Balaban J connectivity index is 2.42. The summed E-state index contributed by atoms with van der Waals surface area (Å²) in [6, 6.07) is 9.16. The first-order valence-corrected chi connectivity index (χ1v) is 4.84. The van der Waals surface area contributed by atoms with Crippen LogP contribution in [0.3, 0.4) is 0 Å². The first-order chi connectivity index (χ1) is 7.20. The van der Waals surface area contributed by atoms with E-state index in [1.54, 1.807) is 18.4 Å². The van der Waals surface area contributed by atoms with Crippen LogP contribution < -0.4 is 0 Å². The molecule has 0 atom stereocenters. The molecule has 0 aliphatic carbocycles. The quantitative estimate of drug-likeness (QED) is 0.697. The number of rotatable bonds is 2. The minimum atomic E-state index is -0.0544. The number of ketones is 1. The highest BCUT2D eigenvalue weighted by Crippen LogP contribution is 2.18. The highest BCUT2D eigenvalue weighted by atomic mass is 16.3. The summed E-state index contributed by atoms with van der Waals surface area (Å²) < 4.78 is 5.26. The Morgan fingerprint density at radius 1 is 1.13 bits per heavy atom. The fourth-order valence-corrected chi connectivity index (χ4v) is 1.45. The molecule has 0 amide bonds. The third-order valence-electron chi connectivity index (χ3n) is 2.53. The van der Waals surface area contributed by atoms with Crippen LogP contribution in [0.2, 0.25) is 0 Å². The van der Waals surface area contributed by atoms with Gasteiger partial charge in [-0.3, -0.25) is 4.79 Å². The third kappa shape index (κ3) is 1.71. The minimum Gasteiger partial charge on any atom is -0.460 e. The number of hydrogen-bond donors (Lipinski definition) is 0. The van der Waals surface area contributed by atoms with E-state index in [0.717, 1.165) is 11.1 Å². The molecule has 0 saturated carbocycles. The lowest BCUT2D eigenvalue weighted by molar-refractivity contribution is 0.101. The first-order valence-electron chi connectivity index (χ1n) is 4.84. The van der Waals surface area contributed by atoms with Crippen molar-refractivity contribution in [3.8, 4) is 0 Å². The van der Waals surface area contributed by atoms with Crippen molar-refractivity contribution in [2.45, 2.75) is 13.8 Å². The maximum Gasteiger partial charge on any atom is 0.228 e. The second-order valence-electron chi connectivity index (χ2n) is 3.57. The van der Waals surface area contributed by atoms with Crippen molar-refractivity contribution in [3.05, 3.63) is 59.0 Å². The van der Waals surface area contributed by atoms with Gasteiger partial charge in [0, 0.05) is 11.1 Å². The molecule has 0 aliphatic rings. The molecule has 1 aromatic carbocycles. The molecule has 0 N–H and O–H groups in total. The van der Waals surface area contributed by atoms with Crippen molar-refractivity contribution in [2.24, 2.45) is 0 Å². The zero-order chi connectivity index (χ0) is 10.8. The van der Waals surface area contributed by atoms with Gasteiger partial charge in [0.25, 0.3) is 0 Å². The van der Waals surface area contributed by atoms with Crippen LogP contribution in [0, 0.1) is 13.8 Å². The van der Waals surface area contributed by atoms with Crippen molar-refractivity contribution in [1.82, 2.24) is 0 Å². The summed E-state index contributed by atoms with van der Waals surface area (Å²) in [5, 5.41) is 0. The van der Waals surface area contributed by atoms with E-state index in [9.17, 15) is 4.79 Å². The summed E-state index contributed by atoms with van der Waals surface area (Å²) in [7, 11) is 0. The molecular weight excluding hydrogens is 188 g/mol. The molecule has 2 rings (SSSR count). The van der Waals surface area contributed by atoms with Crippen molar-refractivity contribution >= 4 is 5.78 Å². The van der Waals surface area contributed by atoms with E-state index in [0.29, 0.717) is 11.3 Å². The Morgan fingerprint density at radius 3 is 2.33 bits per heavy atom. The van der Waals surface area contributed by atoms with Gasteiger partial charge in [-0.25, -0.2) is 0 Å². The first kappa shape index (κ1) is 9.71. The number of aryl methyl sites for hydroxylation is 1. The van der Waals surface area contributed by atoms with Gasteiger partial charge in [0.2, 0.25) is 5.78 Å². The van der Waals surface area contributed by atoms with E-state index in [-0.39, 0.29) is 5.78 Å². The van der Waals surface area contributed by atoms with Gasteiger partial charge in [-0.2, -0.15) is 0 Å². The van der Waals surface area contributed by atoms with Crippen molar-refractivity contribution in [1.29, 1.82) is 0 Å². The van der Waals surface area contributed by atoms with Gasteiger partial charge < -0.3 is 4.42 Å². The van der Waals surface area contributed by atoms with Crippen LogP contribution in [0.15, 0.2) is 41.0 Å². The van der Waals surface area contributed by atoms with Crippen LogP contribution in [-0.4, -0.2) is 5.78 Å². The molecule has 0 unspecified atom stereocenters. The van der Waals surface area contributed by atoms with Crippen LogP contribution in [0.25, 0.3) is 0 Å². The molecule has 1 aromatic heterocycles. The molecule has 15 heavy (non-hydrogen) atoms. The average molecular weight is 200 g/mol. The second-order valence-corrected chi connectivity index (χ2v) is 3.57. The summed E-state index contributed by atoms with van der Waals surface area (Å²) in [5.41, 5.74) is 2.59. The van der Waals surface area contributed by atoms with Gasteiger partial charge in [0.1, 0.15) is 0 Å². The minimum absolute atomic E-state index is 0.0544. The Hall–Kier alpha value is -1.83. The lowest BCUT2D eigenvalue weighted by Gasteiger charge is -1.98. The molecule has 0 aliphatic heterocycles. The van der Waals surface area contributed by atoms with Crippen molar-refractivity contribution in [2.75, 3.05) is 0 Å². The number of benzene rings is 1. The van der Waals surface area contributed by atoms with Crippen LogP contribution in [0.1, 0.15) is 27.2 Å². The monoisotopic (exact) mass is 200 g/mol. The standard InChI is InChI=1S/C13H12O2/c1-9-8-15-13(10(9)2)12(14)11-6-4-3-5-7-11/h3-8H,1-2H3. The van der Waals surface area contributed by atoms with Crippen molar-refractivity contribution < 1.29 is 9.21 Å². The molecule has 0 fully saturated rings. The summed E-state index contributed by atoms with van der Waals surface area (Å²) in [6.07, 6.45) is 1.62. The van der Waals surface area contributed by atoms with Gasteiger partial charge in [-0.1, -0.05) is 30.3 Å². The number of hydrogen-bond acceptors (Lipinski definition) is 2. The van der Waals surface area contributed by atoms with Crippen LogP contribution in [-0.2, 0) is 0 Å². The normalized spacial score (nSPS) is 10.3. The molecule has 2 heteroatoms. The van der Waals surface area contributed by atoms with E-state index in [4.69, 9.17) is 4.42 Å². The Bertz CT molecular complexity index is 480. The Labute approximate surface area is 88.5 Å². The van der Waals surface area contributed by atoms with Gasteiger partial charge >= 0.3 is 0 Å². The van der Waals surface area contributed by atoms with E-state index < -0.39 is 0 Å². The average Bonchev–Trinajstić information content (AvgIpc) is 2.60. The largest absolute Gasteiger partial charge is 0.460 e. The molecule has 0 bridgehead atoms. The topological polar surface area (TPSA) is 30.2 Å². The van der Waals surface area contributed by atoms with Gasteiger partial charge in [0.15, 0.2) is 5.76 Å². The zero-order valence-corrected chi connectivity index (χ0v) is 8.78. The van der Waals surface area contributed by atoms with Crippen LogP contribution >= 0.6 is 0 Å². The van der Waals surface area contributed by atoms with E-state index >= 15 is 0 Å². The number of carbonyl (C=O) groups excluding carboxylic acids is 1. The fraction of sp³-hybridized carbons (Fsp3) is 0.154. The lowest BCUT2D eigenvalue weighted by atomic mass is 10.1. The Kier molecular flexibility index (Phi) is 2.42. The SMILES string of the molecule is Cc1coc(C(=O)c2ccccc2)c1C. The van der Waals surface area contributed by atoms with Crippen molar-refractivity contribution in [3.63, 3.8) is 0 Å². The van der Waals surface area contributed by atoms with Gasteiger partial charge in [0.05, 0.1) is 6.26 Å². The smallest absolute Gasteiger partial charge is 0.228 e.